The van der Waals surface area contributed by atoms with Gasteiger partial charge in [-0.3, -0.25) is 0 Å². The number of carbonyl (C=O) groups is 1. The summed E-state index contributed by atoms with van der Waals surface area (Å²) in [4.78, 5) is 15.8. The highest BCUT2D eigenvalue weighted by molar-refractivity contribution is 9.10. The average Bonchev–Trinajstić information content (AvgIpc) is 2.83. The molecule has 0 aliphatic heterocycles. The molecule has 1 amide bonds. The quantitative estimate of drug-likeness (QED) is 0.913. The van der Waals surface area contributed by atoms with E-state index in [-0.39, 0.29) is 6.54 Å². The number of ether oxygens (including phenoxy) is 1. The Kier molecular flexibility index (Phi) is 4.62. The number of aromatic nitrogens is 2. The molecule has 1 heterocycles. The molecule has 1 aromatic heterocycles. The predicted molar refractivity (Wildman–Crippen MR) is 80.5 cm³/mol. The van der Waals surface area contributed by atoms with Crippen LogP contribution in [0.25, 0.3) is 11.4 Å². The third kappa shape index (κ3) is 4.56. The lowest BCUT2D eigenvalue weighted by atomic mass is 10.2. The van der Waals surface area contributed by atoms with Crippen LogP contribution in [0.3, 0.4) is 0 Å². The summed E-state index contributed by atoms with van der Waals surface area (Å²) in [6, 6.07) is 7.55. The first-order valence-electron chi connectivity index (χ1n) is 6.39. The van der Waals surface area contributed by atoms with Crippen molar-refractivity contribution in [2.24, 2.45) is 0 Å². The summed E-state index contributed by atoms with van der Waals surface area (Å²) in [5.74, 6) is 0.773. The van der Waals surface area contributed by atoms with Crippen LogP contribution in [0.1, 0.15) is 26.7 Å². The summed E-state index contributed by atoms with van der Waals surface area (Å²) < 4.78 is 11.1. The molecule has 112 valence electrons. The van der Waals surface area contributed by atoms with Gasteiger partial charge in [-0.15, -0.1) is 0 Å². The predicted octanol–water partition coefficient (Wildman–Crippen LogP) is 3.52. The molecule has 6 nitrogen and oxygen atoms in total. The highest BCUT2D eigenvalue weighted by Crippen LogP contribution is 2.25. The number of nitrogens with zero attached hydrogens (tertiary/aromatic N) is 2. The number of hydrogen-bond acceptors (Lipinski definition) is 5. The Hall–Kier alpha value is -1.89. The molecule has 2 aromatic rings. The molecule has 1 N–H and O–H groups in total. The SMILES string of the molecule is CC(C)(C)OC(=O)NCc1nc(-c2ccccc2Br)no1. The Morgan fingerprint density at radius 1 is 1.38 bits per heavy atom. The second-order valence-corrected chi connectivity index (χ2v) is 6.20. The van der Waals surface area contributed by atoms with Crippen molar-refractivity contribution in [3.63, 3.8) is 0 Å². The zero-order valence-electron chi connectivity index (χ0n) is 12.0. The zero-order chi connectivity index (χ0) is 15.5. The number of rotatable bonds is 3. The van der Waals surface area contributed by atoms with Crippen molar-refractivity contribution in [2.45, 2.75) is 32.9 Å². The van der Waals surface area contributed by atoms with Gasteiger partial charge in [0.1, 0.15) is 12.1 Å². The van der Waals surface area contributed by atoms with Crippen molar-refractivity contribution >= 4 is 22.0 Å². The fraction of sp³-hybridized carbons (Fsp3) is 0.357. The molecule has 7 heteroatoms. The van der Waals surface area contributed by atoms with Crippen molar-refractivity contribution in [3.8, 4) is 11.4 Å². The van der Waals surface area contributed by atoms with Gasteiger partial charge in [0.15, 0.2) is 0 Å². The average molecular weight is 354 g/mol. The van der Waals surface area contributed by atoms with Crippen LogP contribution in [0.2, 0.25) is 0 Å². The van der Waals surface area contributed by atoms with E-state index in [2.05, 4.69) is 31.4 Å². The third-order valence-electron chi connectivity index (χ3n) is 2.37. The number of halogens is 1. The number of amides is 1. The Morgan fingerprint density at radius 2 is 2.10 bits per heavy atom. The molecule has 0 unspecified atom stereocenters. The van der Waals surface area contributed by atoms with Crippen molar-refractivity contribution in [1.29, 1.82) is 0 Å². The van der Waals surface area contributed by atoms with Gasteiger partial charge in [-0.1, -0.05) is 33.2 Å². The van der Waals surface area contributed by atoms with Crippen LogP contribution in [-0.2, 0) is 11.3 Å². The van der Waals surface area contributed by atoms with E-state index in [1.54, 1.807) is 20.8 Å². The van der Waals surface area contributed by atoms with Gasteiger partial charge in [-0.05, 0) is 32.9 Å². The molecule has 21 heavy (non-hydrogen) atoms. The summed E-state index contributed by atoms with van der Waals surface area (Å²) in [6.45, 7) is 5.51. The Bertz CT molecular complexity index is 634. The van der Waals surface area contributed by atoms with Crippen molar-refractivity contribution in [2.75, 3.05) is 0 Å². The molecule has 0 aliphatic carbocycles. The van der Waals surface area contributed by atoms with Gasteiger partial charge in [0.25, 0.3) is 0 Å². The zero-order valence-corrected chi connectivity index (χ0v) is 13.6. The van der Waals surface area contributed by atoms with Crippen LogP contribution in [0.5, 0.6) is 0 Å². The summed E-state index contributed by atoms with van der Waals surface area (Å²) in [6.07, 6.45) is -0.525. The number of carbonyl (C=O) groups excluding carboxylic acids is 1. The molecule has 1 aromatic carbocycles. The second-order valence-electron chi connectivity index (χ2n) is 5.35. The summed E-state index contributed by atoms with van der Waals surface area (Å²) in [5, 5.41) is 6.46. The number of hydrogen-bond donors (Lipinski definition) is 1. The summed E-state index contributed by atoms with van der Waals surface area (Å²) in [5.41, 5.74) is 0.281. The molecular formula is C14H16BrN3O3. The normalized spacial score (nSPS) is 11.2. The van der Waals surface area contributed by atoms with E-state index in [9.17, 15) is 4.79 Å². The largest absolute Gasteiger partial charge is 0.444 e. The monoisotopic (exact) mass is 353 g/mol. The smallest absolute Gasteiger partial charge is 0.408 e. The van der Waals surface area contributed by atoms with Crippen LogP contribution in [0.15, 0.2) is 33.3 Å². The lowest BCUT2D eigenvalue weighted by molar-refractivity contribution is 0.0518. The Morgan fingerprint density at radius 3 is 2.76 bits per heavy atom. The van der Waals surface area contributed by atoms with E-state index >= 15 is 0 Å². The van der Waals surface area contributed by atoms with Crippen molar-refractivity contribution in [3.05, 3.63) is 34.6 Å². The number of nitrogens with one attached hydrogen (secondary N) is 1. The molecule has 0 atom stereocenters. The molecular weight excluding hydrogens is 338 g/mol. The lowest BCUT2D eigenvalue weighted by Crippen LogP contribution is -2.32. The van der Waals surface area contributed by atoms with Gasteiger partial charge in [0.05, 0.1) is 0 Å². The van der Waals surface area contributed by atoms with Crippen LogP contribution in [0, 0.1) is 0 Å². The maximum absolute atomic E-state index is 11.5. The fourth-order valence-electron chi connectivity index (χ4n) is 1.54. The second kappa shape index (κ2) is 6.26. The minimum Gasteiger partial charge on any atom is -0.444 e. The first-order chi connectivity index (χ1) is 9.85. The number of alkyl carbamates (subject to hydrolysis) is 1. The van der Waals surface area contributed by atoms with E-state index in [0.717, 1.165) is 10.0 Å². The maximum atomic E-state index is 11.5. The van der Waals surface area contributed by atoms with Gasteiger partial charge in [0.2, 0.25) is 11.7 Å². The topological polar surface area (TPSA) is 77.2 Å². The molecule has 0 radical (unpaired) electrons. The number of benzene rings is 1. The molecule has 0 bridgehead atoms. The van der Waals surface area contributed by atoms with E-state index < -0.39 is 11.7 Å². The fourth-order valence-corrected chi connectivity index (χ4v) is 2.00. The first kappa shape index (κ1) is 15.5. The molecule has 0 fully saturated rings. The van der Waals surface area contributed by atoms with Gasteiger partial charge in [-0.25, -0.2) is 4.79 Å². The lowest BCUT2D eigenvalue weighted by Gasteiger charge is -2.19. The van der Waals surface area contributed by atoms with Gasteiger partial charge in [0, 0.05) is 10.0 Å². The highest BCUT2D eigenvalue weighted by atomic mass is 79.9. The Balaban J connectivity index is 1.98. The van der Waals surface area contributed by atoms with E-state index in [0.29, 0.717) is 11.7 Å². The molecule has 0 spiro atoms. The van der Waals surface area contributed by atoms with E-state index in [1.165, 1.54) is 0 Å². The van der Waals surface area contributed by atoms with Gasteiger partial charge in [-0.2, -0.15) is 4.98 Å². The molecule has 0 saturated heterocycles. The molecule has 2 rings (SSSR count). The highest BCUT2D eigenvalue weighted by Gasteiger charge is 2.17. The van der Waals surface area contributed by atoms with Crippen molar-refractivity contribution in [1.82, 2.24) is 15.5 Å². The van der Waals surface area contributed by atoms with Crippen LogP contribution in [-0.4, -0.2) is 21.8 Å². The van der Waals surface area contributed by atoms with E-state index in [1.807, 2.05) is 24.3 Å². The van der Waals surface area contributed by atoms with Crippen LogP contribution in [0.4, 0.5) is 4.79 Å². The minimum atomic E-state index is -0.543. The van der Waals surface area contributed by atoms with E-state index in [4.69, 9.17) is 9.26 Å². The molecule has 0 saturated carbocycles. The van der Waals surface area contributed by atoms with Gasteiger partial charge < -0.3 is 14.6 Å². The van der Waals surface area contributed by atoms with Crippen LogP contribution >= 0.6 is 15.9 Å². The Labute approximate surface area is 131 Å². The third-order valence-corrected chi connectivity index (χ3v) is 3.06. The van der Waals surface area contributed by atoms with Crippen LogP contribution < -0.4 is 5.32 Å². The molecule has 0 aliphatic rings. The minimum absolute atomic E-state index is 0.117. The van der Waals surface area contributed by atoms with Crippen molar-refractivity contribution < 1.29 is 14.1 Å². The standard InChI is InChI=1S/C14H16BrN3O3/c1-14(2,3)20-13(19)16-8-11-17-12(18-21-11)9-6-4-5-7-10(9)15/h4-7H,8H2,1-3H3,(H,16,19). The summed E-state index contributed by atoms with van der Waals surface area (Å²) in [7, 11) is 0. The van der Waals surface area contributed by atoms with Gasteiger partial charge >= 0.3 is 6.09 Å². The summed E-state index contributed by atoms with van der Waals surface area (Å²) >= 11 is 3.43. The first-order valence-corrected chi connectivity index (χ1v) is 7.19. The maximum Gasteiger partial charge on any atom is 0.408 e.